The lowest BCUT2D eigenvalue weighted by atomic mass is 9.91. The first kappa shape index (κ1) is 15.2. The number of piperidine rings is 1. The van der Waals surface area contributed by atoms with E-state index in [0.717, 1.165) is 19.4 Å². The summed E-state index contributed by atoms with van der Waals surface area (Å²) in [4.78, 5) is 2.03. The molecule has 1 fully saturated rings. The minimum atomic E-state index is -4.43. The molecule has 0 amide bonds. The highest BCUT2D eigenvalue weighted by Gasteiger charge is 2.34. The molecule has 5 heteroatoms. The van der Waals surface area contributed by atoms with Crippen molar-refractivity contribution in [1.82, 2.24) is 0 Å². The summed E-state index contributed by atoms with van der Waals surface area (Å²) in [6, 6.07) is 4.45. The SMILES string of the molecule is CC1CCCN(c2ccc(CO)c(C(F)(F)F)c2)C1C. The van der Waals surface area contributed by atoms with Crippen LogP contribution in [0.2, 0.25) is 0 Å². The normalized spacial score (nSPS) is 24.0. The van der Waals surface area contributed by atoms with Gasteiger partial charge in [0.15, 0.2) is 0 Å². The van der Waals surface area contributed by atoms with Gasteiger partial charge in [-0.25, -0.2) is 0 Å². The second-order valence-electron chi connectivity index (χ2n) is 5.55. The van der Waals surface area contributed by atoms with Crippen LogP contribution in [-0.2, 0) is 12.8 Å². The van der Waals surface area contributed by atoms with E-state index in [1.807, 2.05) is 4.90 Å². The molecule has 1 N–H and O–H groups in total. The minimum absolute atomic E-state index is 0.0704. The van der Waals surface area contributed by atoms with Crippen LogP contribution in [0.15, 0.2) is 18.2 Å². The smallest absolute Gasteiger partial charge is 0.392 e. The fraction of sp³-hybridized carbons (Fsp3) is 0.600. The lowest BCUT2D eigenvalue weighted by Crippen LogP contribution is -2.42. The van der Waals surface area contributed by atoms with Crippen molar-refractivity contribution in [1.29, 1.82) is 0 Å². The maximum atomic E-state index is 13.0. The van der Waals surface area contributed by atoms with Gasteiger partial charge in [0.25, 0.3) is 0 Å². The topological polar surface area (TPSA) is 23.5 Å². The van der Waals surface area contributed by atoms with E-state index in [-0.39, 0.29) is 11.6 Å². The van der Waals surface area contributed by atoms with Gasteiger partial charge in [0.2, 0.25) is 0 Å². The van der Waals surface area contributed by atoms with Gasteiger partial charge < -0.3 is 10.0 Å². The van der Waals surface area contributed by atoms with Crippen LogP contribution in [0.3, 0.4) is 0 Å². The summed E-state index contributed by atoms with van der Waals surface area (Å²) in [5.41, 5.74) is -0.213. The molecule has 20 heavy (non-hydrogen) atoms. The van der Waals surface area contributed by atoms with E-state index in [0.29, 0.717) is 11.6 Å². The molecule has 112 valence electrons. The molecule has 2 unspecified atom stereocenters. The molecule has 2 rings (SSSR count). The summed E-state index contributed by atoms with van der Waals surface area (Å²) in [5.74, 6) is 0.468. The number of benzene rings is 1. The number of hydrogen-bond donors (Lipinski definition) is 1. The van der Waals surface area contributed by atoms with Gasteiger partial charge in [0.1, 0.15) is 0 Å². The third-order valence-corrected chi connectivity index (χ3v) is 4.27. The predicted molar refractivity (Wildman–Crippen MR) is 72.6 cm³/mol. The van der Waals surface area contributed by atoms with Crippen molar-refractivity contribution in [2.24, 2.45) is 5.92 Å². The summed E-state index contributed by atoms with van der Waals surface area (Å²) in [6.45, 7) is 4.36. The van der Waals surface area contributed by atoms with Crippen molar-refractivity contribution in [3.63, 3.8) is 0 Å². The summed E-state index contributed by atoms with van der Waals surface area (Å²) < 4.78 is 39.1. The number of aliphatic hydroxyl groups excluding tert-OH is 1. The molecule has 1 aromatic carbocycles. The molecule has 2 atom stereocenters. The fourth-order valence-electron chi connectivity index (χ4n) is 2.84. The van der Waals surface area contributed by atoms with Crippen LogP contribution in [0, 0.1) is 5.92 Å². The average Bonchev–Trinajstić information content (AvgIpc) is 2.40. The summed E-state index contributed by atoms with van der Waals surface area (Å²) >= 11 is 0. The van der Waals surface area contributed by atoms with E-state index >= 15 is 0 Å². The summed E-state index contributed by atoms with van der Waals surface area (Å²) in [7, 11) is 0. The Labute approximate surface area is 117 Å². The molecule has 1 saturated heterocycles. The molecule has 1 heterocycles. The molecule has 0 spiro atoms. The Kier molecular flexibility index (Phi) is 4.28. The largest absolute Gasteiger partial charge is 0.416 e. The van der Waals surface area contributed by atoms with Crippen molar-refractivity contribution in [3.8, 4) is 0 Å². The van der Waals surface area contributed by atoms with Crippen LogP contribution < -0.4 is 4.90 Å². The second-order valence-corrected chi connectivity index (χ2v) is 5.55. The number of halogens is 3. The summed E-state index contributed by atoms with van der Waals surface area (Å²) in [5, 5.41) is 9.06. The van der Waals surface area contributed by atoms with E-state index in [4.69, 9.17) is 5.11 Å². The van der Waals surface area contributed by atoms with Gasteiger partial charge in [-0.2, -0.15) is 13.2 Å². The zero-order valence-corrected chi connectivity index (χ0v) is 11.7. The zero-order chi connectivity index (χ0) is 14.9. The van der Waals surface area contributed by atoms with Crippen molar-refractivity contribution in [2.45, 2.75) is 45.5 Å². The van der Waals surface area contributed by atoms with Crippen LogP contribution in [0.5, 0.6) is 0 Å². The number of nitrogens with zero attached hydrogens (tertiary/aromatic N) is 1. The van der Waals surface area contributed by atoms with E-state index in [1.54, 1.807) is 6.07 Å². The monoisotopic (exact) mass is 287 g/mol. The van der Waals surface area contributed by atoms with Crippen molar-refractivity contribution in [2.75, 3.05) is 11.4 Å². The van der Waals surface area contributed by atoms with Gasteiger partial charge in [-0.1, -0.05) is 13.0 Å². The van der Waals surface area contributed by atoms with Gasteiger partial charge in [-0.15, -0.1) is 0 Å². The van der Waals surface area contributed by atoms with Crippen LogP contribution >= 0.6 is 0 Å². The Bertz CT molecular complexity index is 473. The van der Waals surface area contributed by atoms with Crippen molar-refractivity contribution >= 4 is 5.69 Å². The zero-order valence-electron chi connectivity index (χ0n) is 11.7. The quantitative estimate of drug-likeness (QED) is 0.893. The third kappa shape index (κ3) is 2.92. The molecular weight excluding hydrogens is 267 g/mol. The van der Waals surface area contributed by atoms with Crippen molar-refractivity contribution < 1.29 is 18.3 Å². The Morgan fingerprint density at radius 2 is 2.00 bits per heavy atom. The number of alkyl halides is 3. The molecule has 2 nitrogen and oxygen atoms in total. The Hall–Kier alpha value is -1.23. The predicted octanol–water partition coefficient (Wildman–Crippen LogP) is 3.82. The van der Waals surface area contributed by atoms with Crippen LogP contribution in [0.1, 0.15) is 37.8 Å². The van der Waals surface area contributed by atoms with E-state index in [2.05, 4.69) is 13.8 Å². The lowest BCUT2D eigenvalue weighted by molar-refractivity contribution is -0.138. The second kappa shape index (κ2) is 5.64. The Morgan fingerprint density at radius 3 is 2.60 bits per heavy atom. The van der Waals surface area contributed by atoms with Gasteiger partial charge in [-0.3, -0.25) is 0 Å². The molecule has 0 radical (unpaired) electrons. The van der Waals surface area contributed by atoms with Crippen LogP contribution in [-0.4, -0.2) is 17.7 Å². The average molecular weight is 287 g/mol. The third-order valence-electron chi connectivity index (χ3n) is 4.27. The van der Waals surface area contributed by atoms with Gasteiger partial charge >= 0.3 is 6.18 Å². The Morgan fingerprint density at radius 1 is 1.30 bits per heavy atom. The van der Waals surface area contributed by atoms with E-state index in [9.17, 15) is 13.2 Å². The molecule has 0 saturated carbocycles. The lowest BCUT2D eigenvalue weighted by Gasteiger charge is -2.40. The number of hydrogen-bond acceptors (Lipinski definition) is 2. The highest BCUT2D eigenvalue weighted by atomic mass is 19.4. The molecular formula is C15H20F3NO. The maximum absolute atomic E-state index is 13.0. The van der Waals surface area contributed by atoms with Crippen molar-refractivity contribution in [3.05, 3.63) is 29.3 Å². The minimum Gasteiger partial charge on any atom is -0.392 e. The van der Waals surface area contributed by atoms with Gasteiger partial charge in [-0.05, 0) is 43.4 Å². The number of anilines is 1. The first-order valence-corrected chi connectivity index (χ1v) is 6.92. The molecule has 0 bridgehead atoms. The molecule has 1 aliphatic rings. The number of aliphatic hydroxyl groups is 1. The molecule has 0 aromatic heterocycles. The van der Waals surface area contributed by atoms with Gasteiger partial charge in [0, 0.05) is 18.3 Å². The Balaban J connectivity index is 2.38. The first-order chi connectivity index (χ1) is 9.34. The highest BCUT2D eigenvalue weighted by Crippen LogP contribution is 2.36. The molecule has 0 aliphatic carbocycles. The van der Waals surface area contributed by atoms with Gasteiger partial charge in [0.05, 0.1) is 12.2 Å². The fourth-order valence-corrected chi connectivity index (χ4v) is 2.84. The van der Waals surface area contributed by atoms with E-state index in [1.165, 1.54) is 12.1 Å². The van der Waals surface area contributed by atoms with E-state index < -0.39 is 18.3 Å². The number of rotatable bonds is 2. The summed E-state index contributed by atoms with van der Waals surface area (Å²) in [6.07, 6.45) is -2.33. The maximum Gasteiger partial charge on any atom is 0.416 e. The first-order valence-electron chi connectivity index (χ1n) is 6.92. The standard InChI is InChI=1S/C15H20F3NO/c1-10-4-3-7-19(11(10)2)13-6-5-12(9-20)14(8-13)15(16,17)18/h5-6,8,10-11,20H,3-4,7,9H2,1-2H3. The molecule has 1 aliphatic heterocycles. The molecule has 1 aromatic rings. The van der Waals surface area contributed by atoms with Crippen LogP contribution in [0.4, 0.5) is 18.9 Å². The highest BCUT2D eigenvalue weighted by molar-refractivity contribution is 5.53. The van der Waals surface area contributed by atoms with Crippen LogP contribution in [0.25, 0.3) is 0 Å².